The molecule has 11 nitrogen and oxygen atoms in total. The fourth-order valence-electron chi connectivity index (χ4n) is 2.29. The maximum atomic E-state index is 9.91. The lowest BCUT2D eigenvalue weighted by Crippen LogP contribution is -2.65. The first-order valence-electron chi connectivity index (χ1n) is 7.24. The van der Waals surface area contributed by atoms with Crippen molar-refractivity contribution in [3.63, 3.8) is 0 Å². The van der Waals surface area contributed by atoms with Crippen LogP contribution >= 0.6 is 0 Å². The average Bonchev–Trinajstić information content (AvgIpc) is 2.57. The van der Waals surface area contributed by atoms with Gasteiger partial charge < -0.3 is 57.3 Å². The van der Waals surface area contributed by atoms with E-state index in [4.69, 9.17) is 36.9 Å². The smallest absolute Gasteiger partial charge is 0.176 e. The van der Waals surface area contributed by atoms with Gasteiger partial charge in [-0.1, -0.05) is 0 Å². The Labute approximate surface area is 133 Å². The third-order valence-corrected chi connectivity index (χ3v) is 3.85. The van der Waals surface area contributed by atoms with Crippen molar-refractivity contribution >= 4 is 0 Å². The highest BCUT2D eigenvalue weighted by atomic mass is 16.7. The van der Waals surface area contributed by atoms with Crippen LogP contribution in [0, 0.1) is 0 Å². The van der Waals surface area contributed by atoms with Crippen LogP contribution in [0.15, 0.2) is 0 Å². The lowest BCUT2D eigenvalue weighted by atomic mass is 9.96. The third kappa shape index (κ3) is 4.78. The van der Waals surface area contributed by atoms with Gasteiger partial charge in [-0.05, 0) is 0 Å². The SMILES string of the molecule is NCC(O)C(OC1OC(CO)C(O)C(O)C1N)C(N)C(O)CO. The lowest BCUT2D eigenvalue weighted by molar-refractivity contribution is -0.288. The van der Waals surface area contributed by atoms with Crippen molar-refractivity contribution < 1.29 is 40.1 Å². The Morgan fingerprint density at radius 2 is 1.70 bits per heavy atom. The third-order valence-electron chi connectivity index (χ3n) is 3.85. The van der Waals surface area contributed by atoms with Crippen LogP contribution in [0.4, 0.5) is 0 Å². The van der Waals surface area contributed by atoms with E-state index in [1.54, 1.807) is 0 Å². The molecule has 0 bridgehead atoms. The van der Waals surface area contributed by atoms with Crippen molar-refractivity contribution in [2.45, 2.75) is 55.0 Å². The van der Waals surface area contributed by atoms with Crippen molar-refractivity contribution in [3.05, 3.63) is 0 Å². The topological polar surface area (TPSA) is 218 Å². The molecule has 0 aromatic heterocycles. The van der Waals surface area contributed by atoms with Gasteiger partial charge in [-0.15, -0.1) is 0 Å². The Morgan fingerprint density at radius 1 is 1.09 bits per heavy atom. The molecule has 9 atom stereocenters. The van der Waals surface area contributed by atoms with E-state index in [0.29, 0.717) is 0 Å². The molecule has 23 heavy (non-hydrogen) atoms. The quantitative estimate of drug-likeness (QED) is 0.202. The summed E-state index contributed by atoms with van der Waals surface area (Å²) in [7, 11) is 0. The van der Waals surface area contributed by atoms with E-state index < -0.39 is 68.2 Å². The van der Waals surface area contributed by atoms with Gasteiger partial charge in [0.25, 0.3) is 0 Å². The average molecular weight is 341 g/mol. The molecule has 1 rings (SSSR count). The molecule has 0 aromatic carbocycles. The number of ether oxygens (including phenoxy) is 2. The molecule has 1 fully saturated rings. The maximum Gasteiger partial charge on any atom is 0.176 e. The highest BCUT2D eigenvalue weighted by Gasteiger charge is 2.45. The summed E-state index contributed by atoms with van der Waals surface area (Å²) in [5.74, 6) is 0. The summed E-state index contributed by atoms with van der Waals surface area (Å²) in [6.07, 6.45) is -9.30. The van der Waals surface area contributed by atoms with E-state index in [9.17, 15) is 20.4 Å². The standard InChI is InChI=1S/C12H27N3O8/c13-1-4(18)11(7(14)5(19)2-16)23-12-8(15)10(21)9(20)6(3-17)22-12/h4-12,16-21H,1-3,13-15H2. The van der Waals surface area contributed by atoms with Gasteiger partial charge >= 0.3 is 0 Å². The van der Waals surface area contributed by atoms with Gasteiger partial charge in [0.15, 0.2) is 6.29 Å². The summed E-state index contributed by atoms with van der Waals surface area (Å²) in [6, 6.07) is -2.41. The molecule has 138 valence electrons. The van der Waals surface area contributed by atoms with E-state index in [1.807, 2.05) is 0 Å². The first-order valence-corrected chi connectivity index (χ1v) is 7.24. The van der Waals surface area contributed by atoms with Gasteiger partial charge in [0.05, 0.1) is 37.5 Å². The Kier molecular flexibility index (Phi) is 8.20. The molecule has 0 aliphatic carbocycles. The minimum atomic E-state index is -1.44. The van der Waals surface area contributed by atoms with Crippen LogP contribution in [0.2, 0.25) is 0 Å². The molecule has 0 aromatic rings. The molecule has 0 saturated carbocycles. The minimum Gasteiger partial charge on any atom is -0.394 e. The number of hydrogen-bond acceptors (Lipinski definition) is 11. The van der Waals surface area contributed by atoms with Gasteiger partial charge in [-0.2, -0.15) is 0 Å². The summed E-state index contributed by atoms with van der Waals surface area (Å²) in [5.41, 5.74) is 16.8. The van der Waals surface area contributed by atoms with Crippen molar-refractivity contribution in [1.82, 2.24) is 0 Å². The predicted molar refractivity (Wildman–Crippen MR) is 76.7 cm³/mol. The Morgan fingerprint density at radius 3 is 2.17 bits per heavy atom. The first-order chi connectivity index (χ1) is 10.8. The van der Waals surface area contributed by atoms with Gasteiger partial charge in [0.2, 0.25) is 0 Å². The van der Waals surface area contributed by atoms with Crippen LogP contribution < -0.4 is 17.2 Å². The van der Waals surface area contributed by atoms with Gasteiger partial charge in [0.1, 0.15) is 24.4 Å². The van der Waals surface area contributed by atoms with Gasteiger partial charge in [-0.3, -0.25) is 0 Å². The fraction of sp³-hybridized carbons (Fsp3) is 1.00. The van der Waals surface area contributed by atoms with Gasteiger partial charge in [-0.25, -0.2) is 0 Å². The van der Waals surface area contributed by atoms with Crippen molar-refractivity contribution in [1.29, 1.82) is 0 Å². The molecule has 0 amide bonds. The minimum absolute atomic E-state index is 0.257. The number of nitrogens with two attached hydrogens (primary N) is 3. The zero-order valence-corrected chi connectivity index (χ0v) is 12.5. The highest BCUT2D eigenvalue weighted by molar-refractivity contribution is 4.94. The van der Waals surface area contributed by atoms with E-state index in [1.165, 1.54) is 0 Å². The molecule has 0 spiro atoms. The van der Waals surface area contributed by atoms with Crippen LogP contribution in [0.5, 0.6) is 0 Å². The molecule has 1 heterocycles. The molecule has 1 saturated heterocycles. The van der Waals surface area contributed by atoms with Crippen LogP contribution in [-0.4, -0.2) is 105 Å². The van der Waals surface area contributed by atoms with Crippen molar-refractivity contribution in [2.75, 3.05) is 19.8 Å². The summed E-state index contributed by atoms with van der Waals surface area (Å²) < 4.78 is 10.7. The van der Waals surface area contributed by atoms with Crippen molar-refractivity contribution in [2.24, 2.45) is 17.2 Å². The predicted octanol–water partition coefficient (Wildman–Crippen LogP) is -5.86. The fourth-order valence-corrected chi connectivity index (χ4v) is 2.29. The zero-order valence-electron chi connectivity index (χ0n) is 12.5. The van der Waals surface area contributed by atoms with E-state index in [-0.39, 0.29) is 6.54 Å². The molecule has 1 aliphatic rings. The summed E-state index contributed by atoms with van der Waals surface area (Å²) in [5, 5.41) is 57.2. The van der Waals surface area contributed by atoms with Crippen LogP contribution in [0.3, 0.4) is 0 Å². The van der Waals surface area contributed by atoms with Crippen molar-refractivity contribution in [3.8, 4) is 0 Å². The molecule has 1 aliphatic heterocycles. The summed E-state index contributed by atoms with van der Waals surface area (Å²) >= 11 is 0. The first kappa shape index (κ1) is 20.6. The lowest BCUT2D eigenvalue weighted by Gasteiger charge is -2.43. The Bertz CT molecular complexity index is 350. The highest BCUT2D eigenvalue weighted by Crippen LogP contribution is 2.23. The van der Waals surface area contributed by atoms with Crippen LogP contribution in [0.25, 0.3) is 0 Å². The monoisotopic (exact) mass is 341 g/mol. The number of aliphatic hydroxyl groups is 6. The van der Waals surface area contributed by atoms with Gasteiger partial charge in [0, 0.05) is 6.54 Å². The molecule has 11 heteroatoms. The molecule has 9 unspecified atom stereocenters. The van der Waals surface area contributed by atoms with Crippen LogP contribution in [-0.2, 0) is 9.47 Å². The largest absolute Gasteiger partial charge is 0.394 e. The van der Waals surface area contributed by atoms with E-state index >= 15 is 0 Å². The maximum absolute atomic E-state index is 9.91. The zero-order chi connectivity index (χ0) is 17.7. The molecule has 12 N–H and O–H groups in total. The Balaban J connectivity index is 2.89. The number of rotatable bonds is 8. The number of aliphatic hydroxyl groups excluding tert-OH is 6. The van der Waals surface area contributed by atoms with Crippen LogP contribution in [0.1, 0.15) is 0 Å². The second-order valence-electron chi connectivity index (χ2n) is 5.52. The second-order valence-corrected chi connectivity index (χ2v) is 5.52. The number of hydrogen-bond donors (Lipinski definition) is 9. The van der Waals surface area contributed by atoms with E-state index in [0.717, 1.165) is 0 Å². The Hall–Kier alpha value is -0.440. The van der Waals surface area contributed by atoms with E-state index in [2.05, 4.69) is 0 Å². The normalized spacial score (nSPS) is 37.2. The molecular formula is C12H27N3O8. The summed E-state index contributed by atoms with van der Waals surface area (Å²) in [4.78, 5) is 0. The summed E-state index contributed by atoms with van der Waals surface area (Å²) in [6.45, 7) is -1.52. The second kappa shape index (κ2) is 9.15. The molecule has 0 radical (unpaired) electrons. The molecular weight excluding hydrogens is 314 g/mol.